The van der Waals surface area contributed by atoms with Crippen LogP contribution in [0.15, 0.2) is 42.5 Å². The second-order valence-corrected chi connectivity index (χ2v) is 6.56. The Hall–Kier alpha value is -1.34. The summed E-state index contributed by atoms with van der Waals surface area (Å²) in [6.07, 6.45) is 9.69. The van der Waals surface area contributed by atoms with Gasteiger partial charge >= 0.3 is 0 Å². The molecule has 1 unspecified atom stereocenters. The minimum Gasteiger partial charge on any atom is -0.392 e. The topological polar surface area (TPSA) is 20.2 Å². The normalized spacial score (nSPS) is 19.1. The van der Waals surface area contributed by atoms with Crippen LogP contribution in [0.2, 0.25) is 0 Å². The highest BCUT2D eigenvalue weighted by Gasteiger charge is 2.20. The molecule has 3 rings (SSSR count). The fourth-order valence-corrected chi connectivity index (χ4v) is 3.65. The second-order valence-electron chi connectivity index (χ2n) is 6.56. The van der Waals surface area contributed by atoms with Crippen LogP contribution in [0.25, 0.3) is 10.8 Å². The lowest BCUT2D eigenvalue weighted by Crippen LogP contribution is -2.23. The fraction of sp³-hybridized carbons (Fsp3) is 0.500. The van der Waals surface area contributed by atoms with E-state index in [0.29, 0.717) is 5.92 Å². The predicted molar refractivity (Wildman–Crippen MR) is 89.5 cm³/mol. The molecule has 1 fully saturated rings. The van der Waals surface area contributed by atoms with Crippen molar-refractivity contribution >= 4 is 10.8 Å². The van der Waals surface area contributed by atoms with Crippen LogP contribution < -0.4 is 0 Å². The molecule has 1 atom stereocenters. The first kappa shape index (κ1) is 14.6. The van der Waals surface area contributed by atoms with E-state index in [9.17, 15) is 5.11 Å². The maximum Gasteiger partial charge on any atom is 0.0608 e. The first-order chi connectivity index (χ1) is 10.3. The Balaban J connectivity index is 1.68. The minimum atomic E-state index is -0.177. The van der Waals surface area contributed by atoms with E-state index in [-0.39, 0.29) is 6.10 Å². The van der Waals surface area contributed by atoms with Crippen molar-refractivity contribution in [1.29, 1.82) is 0 Å². The summed E-state index contributed by atoms with van der Waals surface area (Å²) in [5.41, 5.74) is 1.27. The van der Waals surface area contributed by atoms with E-state index in [0.717, 1.165) is 6.42 Å². The Bertz CT molecular complexity index is 567. The van der Waals surface area contributed by atoms with E-state index >= 15 is 0 Å². The van der Waals surface area contributed by atoms with E-state index in [4.69, 9.17) is 0 Å². The van der Waals surface area contributed by atoms with E-state index in [2.05, 4.69) is 42.5 Å². The van der Waals surface area contributed by atoms with Crippen molar-refractivity contribution in [2.24, 2.45) is 5.92 Å². The van der Waals surface area contributed by atoms with Gasteiger partial charge in [0.15, 0.2) is 0 Å². The first-order valence-corrected chi connectivity index (χ1v) is 8.49. The molecule has 0 saturated heterocycles. The molecule has 0 aromatic heterocycles. The molecule has 1 heteroatoms. The van der Waals surface area contributed by atoms with Crippen LogP contribution in [0.1, 0.15) is 50.5 Å². The van der Waals surface area contributed by atoms with Crippen LogP contribution >= 0.6 is 0 Å². The largest absolute Gasteiger partial charge is 0.392 e. The van der Waals surface area contributed by atoms with Gasteiger partial charge in [-0.25, -0.2) is 0 Å². The third-order valence-electron chi connectivity index (χ3n) is 4.95. The summed E-state index contributed by atoms with van der Waals surface area (Å²) in [6.45, 7) is 0. The Morgan fingerprint density at radius 3 is 2.29 bits per heavy atom. The summed E-state index contributed by atoms with van der Waals surface area (Å²) in [7, 11) is 0. The summed E-state index contributed by atoms with van der Waals surface area (Å²) in [5, 5.41) is 13.2. The quantitative estimate of drug-likeness (QED) is 0.830. The first-order valence-electron chi connectivity index (χ1n) is 8.49. The number of benzene rings is 2. The number of hydrogen-bond donors (Lipinski definition) is 1. The minimum absolute atomic E-state index is 0.177. The molecule has 1 aliphatic carbocycles. The zero-order valence-corrected chi connectivity index (χ0v) is 12.8. The molecule has 2 aromatic carbocycles. The molecule has 0 heterocycles. The van der Waals surface area contributed by atoms with Gasteiger partial charge in [-0.15, -0.1) is 0 Å². The Labute approximate surface area is 128 Å². The fourth-order valence-electron chi connectivity index (χ4n) is 3.65. The van der Waals surface area contributed by atoms with Gasteiger partial charge in [-0.2, -0.15) is 0 Å². The van der Waals surface area contributed by atoms with Gasteiger partial charge in [0.25, 0.3) is 0 Å². The molecule has 0 radical (unpaired) electrons. The van der Waals surface area contributed by atoms with Gasteiger partial charge in [0, 0.05) is 0 Å². The highest BCUT2D eigenvalue weighted by Crippen LogP contribution is 2.27. The molecule has 2 aromatic rings. The SMILES string of the molecule is OC(Cc1ccc2ccccc2c1)C1CCCCCCC1. The highest BCUT2D eigenvalue weighted by atomic mass is 16.3. The van der Waals surface area contributed by atoms with Crippen LogP contribution in [0.4, 0.5) is 0 Å². The predicted octanol–water partition coefficient (Wildman–Crippen LogP) is 5.10. The maximum absolute atomic E-state index is 10.6. The van der Waals surface area contributed by atoms with Crippen molar-refractivity contribution in [2.45, 2.75) is 57.5 Å². The maximum atomic E-state index is 10.6. The Kier molecular flexibility index (Phi) is 4.92. The van der Waals surface area contributed by atoms with Gasteiger partial charge < -0.3 is 5.11 Å². The average molecular weight is 282 g/mol. The number of rotatable bonds is 3. The molecule has 0 amide bonds. The van der Waals surface area contributed by atoms with E-state index in [1.54, 1.807) is 0 Å². The number of aliphatic hydroxyl groups excluding tert-OH is 1. The third-order valence-corrected chi connectivity index (χ3v) is 4.95. The molecule has 1 nitrogen and oxygen atoms in total. The van der Waals surface area contributed by atoms with Crippen LogP contribution in [-0.2, 0) is 6.42 Å². The van der Waals surface area contributed by atoms with Crippen molar-refractivity contribution < 1.29 is 5.11 Å². The smallest absolute Gasteiger partial charge is 0.0608 e. The summed E-state index contributed by atoms with van der Waals surface area (Å²) < 4.78 is 0. The van der Waals surface area contributed by atoms with Crippen molar-refractivity contribution in [2.75, 3.05) is 0 Å². The molecule has 21 heavy (non-hydrogen) atoms. The molecule has 0 bridgehead atoms. The number of fused-ring (bicyclic) bond motifs is 1. The lowest BCUT2D eigenvalue weighted by Gasteiger charge is -2.25. The molecule has 0 aliphatic heterocycles. The van der Waals surface area contributed by atoms with Gasteiger partial charge in [0.1, 0.15) is 0 Å². The van der Waals surface area contributed by atoms with E-state index in [1.165, 1.54) is 61.3 Å². The van der Waals surface area contributed by atoms with Crippen molar-refractivity contribution in [3.8, 4) is 0 Å². The van der Waals surface area contributed by atoms with E-state index < -0.39 is 0 Å². The molecule has 1 saturated carbocycles. The Morgan fingerprint density at radius 2 is 1.52 bits per heavy atom. The second kappa shape index (κ2) is 7.09. The molecule has 0 spiro atoms. The lowest BCUT2D eigenvalue weighted by molar-refractivity contribution is 0.0913. The standard InChI is InChI=1S/C20H26O/c21-20(18-9-4-2-1-3-5-10-18)15-16-12-13-17-8-6-7-11-19(17)14-16/h6-8,11-14,18,20-21H,1-5,9-10,15H2. The van der Waals surface area contributed by atoms with Crippen molar-refractivity contribution in [3.05, 3.63) is 48.0 Å². The summed E-state index contributed by atoms with van der Waals surface area (Å²) >= 11 is 0. The van der Waals surface area contributed by atoms with Crippen molar-refractivity contribution in [3.63, 3.8) is 0 Å². The molecule has 112 valence electrons. The zero-order chi connectivity index (χ0) is 14.5. The van der Waals surface area contributed by atoms with Crippen LogP contribution in [0.3, 0.4) is 0 Å². The van der Waals surface area contributed by atoms with Gasteiger partial charge in [0.05, 0.1) is 6.10 Å². The van der Waals surface area contributed by atoms with Gasteiger partial charge in [-0.05, 0) is 41.5 Å². The summed E-state index contributed by atoms with van der Waals surface area (Å²) in [4.78, 5) is 0. The summed E-state index contributed by atoms with van der Waals surface area (Å²) in [5.74, 6) is 0.497. The monoisotopic (exact) mass is 282 g/mol. The van der Waals surface area contributed by atoms with Gasteiger partial charge in [-0.3, -0.25) is 0 Å². The third kappa shape index (κ3) is 3.85. The van der Waals surface area contributed by atoms with E-state index in [1.807, 2.05) is 0 Å². The number of aliphatic hydroxyl groups is 1. The lowest BCUT2D eigenvalue weighted by atomic mass is 9.85. The van der Waals surface area contributed by atoms with Crippen LogP contribution in [0, 0.1) is 5.92 Å². The van der Waals surface area contributed by atoms with Gasteiger partial charge in [-0.1, -0.05) is 74.6 Å². The Morgan fingerprint density at radius 1 is 0.857 bits per heavy atom. The van der Waals surface area contributed by atoms with Crippen molar-refractivity contribution in [1.82, 2.24) is 0 Å². The highest BCUT2D eigenvalue weighted by molar-refractivity contribution is 5.82. The van der Waals surface area contributed by atoms with Crippen LogP contribution in [-0.4, -0.2) is 11.2 Å². The molecule has 1 N–H and O–H groups in total. The van der Waals surface area contributed by atoms with Crippen LogP contribution in [0.5, 0.6) is 0 Å². The average Bonchev–Trinajstić information content (AvgIpc) is 2.46. The zero-order valence-electron chi connectivity index (χ0n) is 12.8. The summed E-state index contributed by atoms with van der Waals surface area (Å²) in [6, 6.07) is 15.0. The number of hydrogen-bond acceptors (Lipinski definition) is 1. The molecule has 1 aliphatic rings. The molecular weight excluding hydrogens is 256 g/mol. The van der Waals surface area contributed by atoms with Gasteiger partial charge in [0.2, 0.25) is 0 Å². The molecular formula is C20H26O.